The second-order valence-electron chi connectivity index (χ2n) is 7.70. The number of urea groups is 1. The molecule has 200 valence electrons. The van der Waals surface area contributed by atoms with Crippen LogP contribution in [0, 0.1) is 5.82 Å². The number of rotatable bonds is 6. The van der Waals surface area contributed by atoms with Gasteiger partial charge in [0.05, 0.1) is 10.0 Å². The van der Waals surface area contributed by atoms with Crippen molar-refractivity contribution in [3.8, 4) is 11.6 Å². The summed E-state index contributed by atoms with van der Waals surface area (Å²) in [6.07, 6.45) is -4.47. The summed E-state index contributed by atoms with van der Waals surface area (Å²) >= 11 is 6.43. The number of hydrogen-bond acceptors (Lipinski definition) is 7. The van der Waals surface area contributed by atoms with E-state index in [1.807, 2.05) is 0 Å². The summed E-state index contributed by atoms with van der Waals surface area (Å²) in [5.74, 6) is -1.73. The predicted molar refractivity (Wildman–Crippen MR) is 134 cm³/mol. The van der Waals surface area contributed by atoms with E-state index in [1.165, 1.54) is 30.3 Å². The van der Waals surface area contributed by atoms with Crippen molar-refractivity contribution in [2.75, 3.05) is 17.2 Å². The average Bonchev–Trinajstić information content (AvgIpc) is 3.25. The number of pyridine rings is 1. The second kappa shape index (κ2) is 10.2. The summed E-state index contributed by atoms with van der Waals surface area (Å²) in [6, 6.07) is 9.11. The predicted octanol–water partition coefficient (Wildman–Crippen LogP) is 5.03. The molecule has 0 bridgehead atoms. The fraction of sp³-hybridized carbons (Fsp3) is 0.0909. The van der Waals surface area contributed by atoms with Crippen LogP contribution in [-0.4, -0.2) is 36.8 Å². The van der Waals surface area contributed by atoms with Crippen molar-refractivity contribution < 1.29 is 35.9 Å². The van der Waals surface area contributed by atoms with E-state index < -0.39 is 51.7 Å². The molecule has 0 saturated carbocycles. The zero-order valence-corrected chi connectivity index (χ0v) is 21.0. The SMILES string of the molecule is O=C(Nc1ccc(-n2c(O)c3ccc(NCC(F)(F)F)cc3cc2=O)c(F)c1)NS(=O)(=O)c1ccc(Cl)s1. The first-order valence-corrected chi connectivity index (χ1v) is 13.0. The van der Waals surface area contributed by atoms with Crippen LogP contribution in [0.2, 0.25) is 4.34 Å². The van der Waals surface area contributed by atoms with Crippen molar-refractivity contribution in [3.63, 3.8) is 0 Å². The topological polar surface area (TPSA) is 130 Å². The third-order valence-electron chi connectivity index (χ3n) is 4.98. The molecule has 0 unspecified atom stereocenters. The van der Waals surface area contributed by atoms with Crippen molar-refractivity contribution in [3.05, 3.63) is 75.1 Å². The summed E-state index contributed by atoms with van der Waals surface area (Å²) in [7, 11) is -4.23. The fourth-order valence-electron chi connectivity index (χ4n) is 3.39. The van der Waals surface area contributed by atoms with Gasteiger partial charge in [0, 0.05) is 22.8 Å². The highest BCUT2D eigenvalue weighted by Crippen LogP contribution is 2.30. The first kappa shape index (κ1) is 27.2. The Hall–Kier alpha value is -3.82. The number of sulfonamides is 1. The van der Waals surface area contributed by atoms with E-state index in [4.69, 9.17) is 11.6 Å². The number of aromatic hydroxyl groups is 1. The molecule has 0 aliphatic carbocycles. The third kappa shape index (κ3) is 6.00. The van der Waals surface area contributed by atoms with Crippen LogP contribution in [0.5, 0.6) is 5.88 Å². The van der Waals surface area contributed by atoms with E-state index in [0.29, 0.717) is 4.57 Å². The number of carbonyl (C=O) groups is 1. The Kier molecular flexibility index (Phi) is 7.27. The van der Waals surface area contributed by atoms with Crippen LogP contribution in [0.4, 0.5) is 33.7 Å². The molecule has 0 aliphatic heterocycles. The molecule has 2 amide bonds. The quantitative estimate of drug-likeness (QED) is 0.233. The number of carbonyl (C=O) groups excluding carboxylic acids is 1. The number of fused-ring (bicyclic) bond motifs is 1. The van der Waals surface area contributed by atoms with Gasteiger partial charge in [-0.2, -0.15) is 13.2 Å². The Morgan fingerprint density at radius 1 is 1.05 bits per heavy atom. The highest BCUT2D eigenvalue weighted by atomic mass is 35.5. The van der Waals surface area contributed by atoms with Gasteiger partial charge in [-0.15, -0.1) is 11.3 Å². The van der Waals surface area contributed by atoms with Crippen LogP contribution in [0.1, 0.15) is 0 Å². The first-order valence-electron chi connectivity index (χ1n) is 10.3. The number of nitrogens with zero attached hydrogens (tertiary/aromatic N) is 1. The van der Waals surface area contributed by atoms with Crippen LogP contribution in [0.25, 0.3) is 16.5 Å². The van der Waals surface area contributed by atoms with Crippen LogP contribution in [0.3, 0.4) is 0 Å². The lowest BCUT2D eigenvalue weighted by Crippen LogP contribution is -2.34. The number of aromatic nitrogens is 1. The highest BCUT2D eigenvalue weighted by molar-refractivity contribution is 7.92. The first-order chi connectivity index (χ1) is 17.7. The number of halogens is 5. The van der Waals surface area contributed by atoms with Gasteiger partial charge in [0.15, 0.2) is 0 Å². The van der Waals surface area contributed by atoms with Gasteiger partial charge in [-0.05, 0) is 53.9 Å². The Bertz CT molecular complexity index is 1720. The number of benzene rings is 2. The van der Waals surface area contributed by atoms with Crippen LogP contribution in [-0.2, 0) is 10.0 Å². The van der Waals surface area contributed by atoms with E-state index in [0.717, 1.165) is 35.6 Å². The summed E-state index contributed by atoms with van der Waals surface area (Å²) in [5.41, 5.74) is -1.41. The van der Waals surface area contributed by atoms with Crippen molar-refractivity contribution in [1.29, 1.82) is 0 Å². The molecule has 16 heteroatoms. The summed E-state index contributed by atoms with van der Waals surface area (Å²) in [5, 5.41) is 15.1. The zero-order valence-electron chi connectivity index (χ0n) is 18.6. The summed E-state index contributed by atoms with van der Waals surface area (Å²) < 4.78 is 79.1. The van der Waals surface area contributed by atoms with Gasteiger partial charge < -0.3 is 15.7 Å². The monoisotopic (exact) mass is 590 g/mol. The van der Waals surface area contributed by atoms with Crippen LogP contribution >= 0.6 is 22.9 Å². The maximum Gasteiger partial charge on any atom is 0.405 e. The Labute approximate surface area is 220 Å². The minimum Gasteiger partial charge on any atom is -0.494 e. The van der Waals surface area contributed by atoms with Gasteiger partial charge in [-0.25, -0.2) is 26.9 Å². The number of amides is 2. The van der Waals surface area contributed by atoms with E-state index in [-0.39, 0.29) is 30.7 Å². The molecule has 9 nitrogen and oxygen atoms in total. The molecule has 0 radical (unpaired) electrons. The van der Waals surface area contributed by atoms with Crippen molar-refractivity contribution in [1.82, 2.24) is 9.29 Å². The van der Waals surface area contributed by atoms with Gasteiger partial charge in [-0.1, -0.05) is 11.6 Å². The molecule has 2 aromatic heterocycles. The van der Waals surface area contributed by atoms with Crippen LogP contribution in [0.15, 0.2) is 63.6 Å². The molecule has 2 aromatic carbocycles. The highest BCUT2D eigenvalue weighted by Gasteiger charge is 2.26. The largest absolute Gasteiger partial charge is 0.494 e. The number of hydrogen-bond donors (Lipinski definition) is 4. The lowest BCUT2D eigenvalue weighted by atomic mass is 10.1. The maximum atomic E-state index is 14.9. The minimum absolute atomic E-state index is 0.0513. The van der Waals surface area contributed by atoms with E-state index >= 15 is 0 Å². The number of nitrogens with one attached hydrogen (secondary N) is 3. The molecule has 0 spiro atoms. The number of anilines is 2. The standard InChI is InChI=1S/C22H15ClF4N4O5S2/c23-17-5-6-19(37-17)38(35,36)30-21(34)29-13-2-4-16(15(24)9-13)31-18(32)8-11-7-12(28-10-22(25,26)27)1-3-14(11)20(31)33/h1-9,28,33H,10H2,(H2,29,30,34). The Morgan fingerprint density at radius 3 is 2.39 bits per heavy atom. The fourth-order valence-corrected chi connectivity index (χ4v) is 5.78. The van der Waals surface area contributed by atoms with Crippen molar-refractivity contribution in [2.45, 2.75) is 10.4 Å². The Morgan fingerprint density at radius 2 is 1.76 bits per heavy atom. The van der Waals surface area contributed by atoms with Gasteiger partial charge >= 0.3 is 12.2 Å². The molecule has 4 N–H and O–H groups in total. The maximum absolute atomic E-state index is 14.9. The minimum atomic E-state index is -4.47. The molecule has 0 aliphatic rings. The third-order valence-corrected chi connectivity index (χ3v) is 8.04. The molecular weight excluding hydrogens is 576 g/mol. The molecule has 4 aromatic rings. The molecular formula is C22H15ClF4N4O5S2. The molecule has 0 saturated heterocycles. The van der Waals surface area contributed by atoms with Crippen molar-refractivity contribution in [2.24, 2.45) is 0 Å². The van der Waals surface area contributed by atoms with Crippen molar-refractivity contribution >= 4 is 61.1 Å². The van der Waals surface area contributed by atoms with E-state index in [1.54, 1.807) is 4.72 Å². The normalized spacial score (nSPS) is 11.9. The van der Waals surface area contributed by atoms with Gasteiger partial charge in [0.25, 0.3) is 15.6 Å². The molecule has 0 fully saturated rings. The van der Waals surface area contributed by atoms with Gasteiger partial charge in [0.1, 0.15) is 16.6 Å². The molecule has 4 rings (SSSR count). The van der Waals surface area contributed by atoms with E-state index in [9.17, 15) is 40.7 Å². The number of thiophene rings is 1. The number of alkyl halides is 3. The smallest absolute Gasteiger partial charge is 0.405 e. The lowest BCUT2D eigenvalue weighted by Gasteiger charge is -2.14. The second-order valence-corrected chi connectivity index (χ2v) is 11.3. The lowest BCUT2D eigenvalue weighted by molar-refractivity contribution is -0.115. The van der Waals surface area contributed by atoms with Gasteiger partial charge in [-0.3, -0.25) is 4.79 Å². The zero-order chi connectivity index (χ0) is 27.8. The van der Waals surface area contributed by atoms with E-state index in [2.05, 4.69) is 10.6 Å². The van der Waals surface area contributed by atoms with Gasteiger partial charge in [0.2, 0.25) is 5.88 Å². The molecule has 2 heterocycles. The van der Waals surface area contributed by atoms with Crippen LogP contribution < -0.4 is 20.9 Å². The average molecular weight is 591 g/mol. The summed E-state index contributed by atoms with van der Waals surface area (Å²) in [4.78, 5) is 24.8. The molecule has 38 heavy (non-hydrogen) atoms. The summed E-state index contributed by atoms with van der Waals surface area (Å²) in [6.45, 7) is -1.31. The molecule has 0 atom stereocenters. The Balaban J connectivity index is 1.57.